The Labute approximate surface area is 169 Å². The second-order valence-corrected chi connectivity index (χ2v) is 8.48. The van der Waals surface area contributed by atoms with Crippen molar-refractivity contribution in [1.82, 2.24) is 0 Å². The largest absolute Gasteiger partial charge is 0.490 e. The normalized spacial score (nSPS) is 11.8. The van der Waals surface area contributed by atoms with E-state index in [1.54, 1.807) is 24.3 Å². The molecule has 0 saturated carbocycles. The number of nitrogens with zero attached hydrogens (tertiary/aromatic N) is 2. The smallest absolute Gasteiger partial charge is 0.385 e. The van der Waals surface area contributed by atoms with Gasteiger partial charge in [0, 0.05) is 17.7 Å². The number of benzene rings is 2. The van der Waals surface area contributed by atoms with Crippen molar-refractivity contribution in [2.45, 2.75) is 65.2 Å². The Bertz CT molecular complexity index is 817. The Morgan fingerprint density at radius 2 is 1.43 bits per heavy atom. The summed E-state index contributed by atoms with van der Waals surface area (Å²) in [6.45, 7) is 14.5. The summed E-state index contributed by atoms with van der Waals surface area (Å²) in [4.78, 5) is 3.14. The third-order valence-corrected chi connectivity index (χ3v) is 5.82. The van der Waals surface area contributed by atoms with Crippen LogP contribution in [0.2, 0.25) is 0 Å². The van der Waals surface area contributed by atoms with E-state index < -0.39 is 0 Å². The summed E-state index contributed by atoms with van der Waals surface area (Å²) in [7, 11) is 0. The molecule has 0 aliphatic heterocycles. The van der Waals surface area contributed by atoms with Crippen molar-refractivity contribution < 1.29 is 9.47 Å². The van der Waals surface area contributed by atoms with Gasteiger partial charge < -0.3 is 9.47 Å². The lowest BCUT2D eigenvalue weighted by molar-refractivity contribution is 0.213. The van der Waals surface area contributed by atoms with Crippen LogP contribution in [0, 0.1) is 5.39 Å². The fraction of sp³-hybridized carbons (Fsp3) is 0.500. The maximum absolute atomic E-state index is 8.73. The minimum atomic E-state index is 0.0413. The molecule has 0 heterocycles. The lowest BCUT2D eigenvalue weighted by Gasteiger charge is -2.30. The molecule has 0 unspecified atom stereocenters. The topological polar surface area (TPSA) is 46.6 Å². The molecule has 2 aromatic carbocycles. The third kappa shape index (κ3) is 5.25. The number of rotatable bonds is 9. The van der Waals surface area contributed by atoms with Gasteiger partial charge in [0.25, 0.3) is 0 Å². The Hall–Kier alpha value is -2.54. The zero-order valence-electron chi connectivity index (χ0n) is 18.1. The Morgan fingerprint density at radius 1 is 0.821 bits per heavy atom. The average Bonchev–Trinajstić information content (AvgIpc) is 2.71. The van der Waals surface area contributed by atoms with E-state index in [-0.39, 0.29) is 10.8 Å². The van der Waals surface area contributed by atoms with Gasteiger partial charge in [0.15, 0.2) is 4.98 Å². The molecule has 0 saturated heterocycles. The highest BCUT2D eigenvalue weighted by Gasteiger charge is 2.26. The third-order valence-electron chi connectivity index (χ3n) is 5.82. The second-order valence-electron chi connectivity index (χ2n) is 8.48. The molecule has 0 aromatic heterocycles. The first-order chi connectivity index (χ1) is 13.2. The molecule has 2 aromatic rings. The van der Waals surface area contributed by atoms with Crippen LogP contribution in [0.15, 0.2) is 42.5 Å². The van der Waals surface area contributed by atoms with Crippen molar-refractivity contribution in [2.24, 2.45) is 0 Å². The number of hydrogen-bond donors (Lipinski definition) is 0. The minimum Gasteiger partial charge on any atom is -0.490 e. The molecule has 150 valence electrons. The van der Waals surface area contributed by atoms with Crippen molar-refractivity contribution >= 4 is 5.69 Å². The molecular weight excluding hydrogens is 348 g/mol. The molecular formula is C24H33N2O2+. The van der Waals surface area contributed by atoms with Gasteiger partial charge in [-0.3, -0.25) is 0 Å². The van der Waals surface area contributed by atoms with E-state index in [1.165, 1.54) is 11.1 Å². The molecule has 0 radical (unpaired) electrons. The fourth-order valence-electron chi connectivity index (χ4n) is 2.92. The molecule has 0 amide bonds. The van der Waals surface area contributed by atoms with E-state index in [9.17, 15) is 0 Å². The van der Waals surface area contributed by atoms with Gasteiger partial charge in [-0.05, 0) is 47.4 Å². The predicted molar refractivity (Wildman–Crippen MR) is 115 cm³/mol. The van der Waals surface area contributed by atoms with Crippen molar-refractivity contribution in [3.8, 4) is 11.5 Å². The van der Waals surface area contributed by atoms with Crippen LogP contribution in [0.5, 0.6) is 11.5 Å². The summed E-state index contributed by atoms with van der Waals surface area (Å²) in [5, 5.41) is 8.73. The maximum Gasteiger partial charge on any atom is 0.385 e. The lowest BCUT2D eigenvalue weighted by Crippen LogP contribution is -2.22. The molecule has 4 nitrogen and oxygen atoms in total. The van der Waals surface area contributed by atoms with Crippen LogP contribution in [0.3, 0.4) is 0 Å². The van der Waals surface area contributed by atoms with E-state index in [0.717, 1.165) is 24.3 Å². The van der Waals surface area contributed by atoms with Crippen LogP contribution in [-0.2, 0) is 10.8 Å². The van der Waals surface area contributed by atoms with Gasteiger partial charge in [0.1, 0.15) is 24.7 Å². The molecule has 0 N–H and O–H groups in total. The molecule has 2 rings (SSSR count). The second kappa shape index (κ2) is 9.10. The number of hydrogen-bond acceptors (Lipinski definition) is 3. The fourth-order valence-corrected chi connectivity index (χ4v) is 2.92. The summed E-state index contributed by atoms with van der Waals surface area (Å²) in [5.74, 6) is 1.66. The lowest BCUT2D eigenvalue weighted by atomic mass is 9.76. The van der Waals surface area contributed by atoms with Crippen LogP contribution in [0.4, 0.5) is 5.69 Å². The van der Waals surface area contributed by atoms with Gasteiger partial charge in [-0.2, -0.15) is 0 Å². The molecule has 0 atom stereocenters. The van der Waals surface area contributed by atoms with Crippen LogP contribution >= 0.6 is 0 Å². The van der Waals surface area contributed by atoms with Crippen molar-refractivity contribution in [3.05, 3.63) is 58.6 Å². The molecule has 0 aliphatic carbocycles. The first-order valence-corrected chi connectivity index (χ1v) is 10.1. The van der Waals surface area contributed by atoms with Gasteiger partial charge in [-0.1, -0.05) is 53.7 Å². The van der Waals surface area contributed by atoms with Crippen molar-refractivity contribution in [2.75, 3.05) is 13.2 Å². The SMILES string of the molecule is CCC(C)(C)c1ccc(OCCOc2ccc([N+]#N)cc2)c(C(C)(C)CC)c1. The first kappa shape index (κ1) is 21.8. The highest BCUT2D eigenvalue weighted by Crippen LogP contribution is 2.38. The van der Waals surface area contributed by atoms with Gasteiger partial charge in [-0.25, -0.2) is 0 Å². The standard InChI is InChI=1S/C24H33N2O2/c1-7-23(3,4)18-9-14-22(21(17-18)24(5,6)8-2)28-16-15-27-20-12-10-19(26-25)11-13-20/h9-14,17H,7-8,15-16H2,1-6H3/q+1. The summed E-state index contributed by atoms with van der Waals surface area (Å²) >= 11 is 0. The van der Waals surface area contributed by atoms with Crippen LogP contribution in [-0.4, -0.2) is 13.2 Å². The summed E-state index contributed by atoms with van der Waals surface area (Å²) in [5.41, 5.74) is 3.30. The van der Waals surface area contributed by atoms with Gasteiger partial charge in [0.2, 0.25) is 5.39 Å². The Kier molecular flexibility index (Phi) is 7.07. The molecule has 0 bridgehead atoms. The zero-order valence-corrected chi connectivity index (χ0v) is 18.1. The van der Waals surface area contributed by atoms with Crippen LogP contribution in [0.25, 0.3) is 4.98 Å². The monoisotopic (exact) mass is 381 g/mol. The van der Waals surface area contributed by atoms with E-state index in [1.807, 2.05) is 0 Å². The summed E-state index contributed by atoms with van der Waals surface area (Å²) < 4.78 is 11.8. The van der Waals surface area contributed by atoms with Gasteiger partial charge >= 0.3 is 5.69 Å². The molecule has 0 fully saturated rings. The number of ether oxygens (including phenoxy) is 2. The van der Waals surface area contributed by atoms with Crippen molar-refractivity contribution in [1.29, 1.82) is 5.39 Å². The molecule has 28 heavy (non-hydrogen) atoms. The van der Waals surface area contributed by atoms with E-state index >= 15 is 0 Å². The molecule has 0 spiro atoms. The van der Waals surface area contributed by atoms with E-state index in [2.05, 4.69) is 64.7 Å². The minimum absolute atomic E-state index is 0.0413. The summed E-state index contributed by atoms with van der Waals surface area (Å²) in [6, 6.07) is 13.6. The Balaban J connectivity index is 2.10. The Morgan fingerprint density at radius 3 is 2.00 bits per heavy atom. The van der Waals surface area contributed by atoms with E-state index in [0.29, 0.717) is 18.9 Å². The summed E-state index contributed by atoms with van der Waals surface area (Å²) in [6.07, 6.45) is 2.13. The molecule has 4 heteroatoms. The average molecular weight is 382 g/mol. The molecule has 0 aliphatic rings. The van der Waals surface area contributed by atoms with Crippen LogP contribution in [0.1, 0.15) is 65.5 Å². The maximum atomic E-state index is 8.73. The van der Waals surface area contributed by atoms with Gasteiger partial charge in [0.05, 0.1) is 0 Å². The number of diazo groups is 1. The van der Waals surface area contributed by atoms with Crippen LogP contribution < -0.4 is 9.47 Å². The van der Waals surface area contributed by atoms with Crippen molar-refractivity contribution in [3.63, 3.8) is 0 Å². The highest BCUT2D eigenvalue weighted by molar-refractivity contribution is 5.46. The quantitative estimate of drug-likeness (QED) is 0.347. The highest BCUT2D eigenvalue weighted by atomic mass is 16.5. The van der Waals surface area contributed by atoms with Gasteiger partial charge in [-0.15, -0.1) is 0 Å². The first-order valence-electron chi connectivity index (χ1n) is 10.1. The van der Waals surface area contributed by atoms with E-state index in [4.69, 9.17) is 14.9 Å². The zero-order chi connectivity index (χ0) is 20.8. The predicted octanol–water partition coefficient (Wildman–Crippen LogP) is 7.00.